The number of allylic oxidation sites excluding steroid dienone is 1. The number of aromatic nitrogens is 6. The zero-order valence-electron chi connectivity index (χ0n) is 65.8. The lowest BCUT2D eigenvalue weighted by Crippen LogP contribution is -2.52. The molecule has 592 valence electrons. The van der Waals surface area contributed by atoms with Gasteiger partial charge in [0.05, 0.1) is 77.5 Å². The average Bonchev–Trinajstić information content (AvgIpc) is 1.68. The highest BCUT2D eigenvalue weighted by atomic mass is 35.5. The van der Waals surface area contributed by atoms with Gasteiger partial charge in [0.15, 0.2) is 21.5 Å². The molecule has 0 spiro atoms. The van der Waals surface area contributed by atoms with Crippen LogP contribution in [0.1, 0.15) is 84.0 Å². The van der Waals surface area contributed by atoms with E-state index < -0.39 is 43.7 Å². The fraction of sp³-hybridized carbons (Fsp3) is 0.383. The van der Waals surface area contributed by atoms with Crippen molar-refractivity contribution >= 4 is 152 Å². The number of ether oxygens (including phenoxy) is 3. The summed E-state index contributed by atoms with van der Waals surface area (Å²) < 4.78 is 94.7. The molecule has 5 N–H and O–H groups in total. The molecule has 1 aliphatic carbocycles. The van der Waals surface area contributed by atoms with Crippen molar-refractivity contribution < 1.29 is 40.9 Å². The average molecular weight is 1640 g/mol. The van der Waals surface area contributed by atoms with Crippen molar-refractivity contribution in [3.8, 4) is 17.2 Å². The first-order valence-electron chi connectivity index (χ1n) is 37.5. The number of halogens is 2. The van der Waals surface area contributed by atoms with Crippen LogP contribution < -0.4 is 66.9 Å². The van der Waals surface area contributed by atoms with E-state index in [1.165, 1.54) is 64.2 Å². The number of methoxy groups -OCH3 is 2. The molecule has 0 unspecified atom stereocenters. The molecule has 111 heavy (non-hydrogen) atoms. The Morgan fingerprint density at radius 1 is 0.550 bits per heavy atom. The molecule has 0 saturated carbocycles. The first kappa shape index (κ1) is 85.3. The predicted octanol–water partition coefficient (Wildman–Crippen LogP) is 17.0. The fourth-order valence-electron chi connectivity index (χ4n) is 13.4. The molecule has 0 radical (unpaired) electrons. The van der Waals surface area contributed by atoms with E-state index in [2.05, 4.69) is 98.6 Å². The van der Waals surface area contributed by atoms with Gasteiger partial charge in [-0.25, -0.2) is 28.4 Å². The van der Waals surface area contributed by atoms with Gasteiger partial charge in [0, 0.05) is 127 Å². The number of para-hydroxylation sites is 3. The summed E-state index contributed by atoms with van der Waals surface area (Å²) in [5.74, 6) is 4.61. The van der Waals surface area contributed by atoms with Crippen molar-refractivity contribution in [3.63, 3.8) is 0 Å². The lowest BCUT2D eigenvalue weighted by atomic mass is 10.0. The smallest absolute Gasteiger partial charge is 0.229 e. The number of piperazine rings is 1. The van der Waals surface area contributed by atoms with E-state index in [1.807, 2.05) is 89.2 Å². The summed E-state index contributed by atoms with van der Waals surface area (Å²) in [5, 5.41) is 19.1. The van der Waals surface area contributed by atoms with Crippen molar-refractivity contribution in [1.29, 1.82) is 0 Å². The SMILES string of the molecule is CCOc1cc(N2CCC(N3CCN(C)CC3)CC2)ccc1Cc1nc2c(c(Nc3ccccc3P(C)(C)=O)n1)C=CC2.CCP(=O)(CC)c1ccc(Nc2ncc(Cl)c(Nc3ccccc3S(=O)(=O)C(C)C)n2)c(OC)c1.CCP(=O)(CC)c1ccccc1Nc1nc(Nc2ccc(P(C)(C)=O)cc2OC)ncc1Cl. The zero-order valence-corrected chi connectivity index (χ0v) is 71.8. The van der Waals surface area contributed by atoms with Crippen LogP contribution >= 0.6 is 51.8 Å². The third-order valence-electron chi connectivity index (χ3n) is 20.1. The van der Waals surface area contributed by atoms with Crippen LogP contribution in [0.15, 0.2) is 151 Å². The maximum atomic E-state index is 13.4. The number of hydrogen-bond acceptors (Lipinski definition) is 23. The Hall–Kier alpha value is -8.13. The Bertz CT molecular complexity index is 5120. The number of nitrogens with one attached hydrogen (secondary N) is 5. The second-order valence-corrected chi connectivity index (χ2v) is 45.2. The number of likely N-dealkylation sites (N-methyl/N-ethyl adjacent to an activating group) is 1. The summed E-state index contributed by atoms with van der Waals surface area (Å²) in [6.45, 7) is 27.5. The number of anilines is 11. The molecule has 3 aliphatic rings. The maximum absolute atomic E-state index is 13.4. The Morgan fingerprint density at radius 2 is 1.07 bits per heavy atom. The third-order valence-corrected chi connectivity index (χ3v) is 32.5. The van der Waals surface area contributed by atoms with Crippen LogP contribution in [0.3, 0.4) is 0 Å². The molecule has 23 nitrogen and oxygen atoms in total. The Kier molecular flexibility index (Phi) is 29.0. The molecular weight excluding hydrogens is 1540 g/mol. The second kappa shape index (κ2) is 37.7. The van der Waals surface area contributed by atoms with Gasteiger partial charge in [-0.1, -0.05) is 106 Å². The van der Waals surface area contributed by atoms with Crippen LogP contribution in [0, 0.1) is 0 Å². The molecule has 9 aromatic rings. The molecule has 30 heteroatoms. The minimum Gasteiger partial charge on any atom is -0.495 e. The van der Waals surface area contributed by atoms with E-state index in [0.29, 0.717) is 94.8 Å². The van der Waals surface area contributed by atoms with Gasteiger partial charge in [-0.05, 0) is 146 Å². The predicted molar refractivity (Wildman–Crippen MR) is 462 cm³/mol. The summed E-state index contributed by atoms with van der Waals surface area (Å²) in [4.78, 5) is 35.2. The van der Waals surface area contributed by atoms with Gasteiger partial charge in [-0.3, -0.25) is 4.90 Å². The molecule has 2 fully saturated rings. The molecule has 2 aliphatic heterocycles. The summed E-state index contributed by atoms with van der Waals surface area (Å²) in [6.07, 6.45) is 13.2. The maximum Gasteiger partial charge on any atom is 0.229 e. The lowest BCUT2D eigenvalue weighted by Gasteiger charge is -2.42. The van der Waals surface area contributed by atoms with E-state index in [4.69, 9.17) is 47.4 Å². The van der Waals surface area contributed by atoms with Crippen LogP contribution in [-0.4, -0.2) is 178 Å². The summed E-state index contributed by atoms with van der Waals surface area (Å²) in [7, 11) is -8.12. The van der Waals surface area contributed by atoms with Crippen LogP contribution in [0.5, 0.6) is 17.2 Å². The first-order valence-corrected chi connectivity index (χ1v) is 49.2. The van der Waals surface area contributed by atoms with E-state index in [1.54, 1.807) is 102 Å². The van der Waals surface area contributed by atoms with Gasteiger partial charge in [-0.2, -0.15) is 9.97 Å². The number of rotatable bonds is 28. The zero-order chi connectivity index (χ0) is 80.0. The normalized spacial score (nSPS) is 14.3. The minimum atomic E-state index is -3.53. The van der Waals surface area contributed by atoms with Gasteiger partial charge in [0.25, 0.3) is 0 Å². The summed E-state index contributed by atoms with van der Waals surface area (Å²) in [5.41, 5.74) is 7.45. The van der Waals surface area contributed by atoms with E-state index in [0.717, 1.165) is 80.6 Å². The minimum absolute atomic E-state index is 0.160. The van der Waals surface area contributed by atoms with E-state index >= 15 is 0 Å². The Labute approximate surface area is 664 Å². The molecule has 0 amide bonds. The van der Waals surface area contributed by atoms with Gasteiger partial charge in [0.2, 0.25) is 11.9 Å². The molecule has 6 aromatic carbocycles. The van der Waals surface area contributed by atoms with Crippen LogP contribution in [0.4, 0.5) is 63.5 Å². The highest BCUT2D eigenvalue weighted by molar-refractivity contribution is 7.92. The molecule has 2 saturated heterocycles. The number of nitrogens with zero attached hydrogens (tertiary/aromatic N) is 9. The fourth-order valence-corrected chi connectivity index (χ4v) is 20.8. The largest absolute Gasteiger partial charge is 0.495 e. The number of sulfone groups is 1. The van der Waals surface area contributed by atoms with Crippen molar-refractivity contribution in [2.24, 2.45) is 0 Å². The quantitative estimate of drug-likeness (QED) is 0.0285. The van der Waals surface area contributed by atoms with Crippen molar-refractivity contribution in [3.05, 3.63) is 179 Å². The van der Waals surface area contributed by atoms with Crippen molar-refractivity contribution in [1.82, 2.24) is 39.7 Å². The molecular formula is C81H104Cl2N14O9P4S. The second-order valence-electron chi connectivity index (χ2n) is 28.5. The standard InChI is InChI=1S/C34H45N6O2P.C24H30ClN4O4PS.C23H29ClN4O3P2/c1-5-42-31-24-27(39-17-15-26(16-18-39)40-21-19-38(2)20-22-40)14-13-25(31)23-33-35-29-11-8-9-28(29)34(37-33)36-30-10-6-7-12-32(30)43(3,4)41;1-6-34(30,7-2)17-12-13-19(21(14-17)33-5)28-24-26-15-18(25)23(29-24)27-20-10-8-9-11-22(20)35(31,32)16(3)4;1-6-33(30,7-2)21-11-9-8-10-19(21)26-22-17(24)15-25-23(28-22)27-18-13-12-16(32(4,5)29)14-20(18)31-3/h6-10,12-14,24,26H,5,11,15-23H2,1-4H3,(H,35,36,37);8-16H,6-7H2,1-5H3,(H2,26,27,28,29);8-15H,6-7H2,1-5H3,(H2,25,26,27,28). The summed E-state index contributed by atoms with van der Waals surface area (Å²) in [6, 6.07) is 40.0. The first-order chi connectivity index (χ1) is 52.9. The Balaban J connectivity index is 0.000000179. The lowest BCUT2D eigenvalue weighted by molar-refractivity contribution is 0.0982. The number of hydrogen-bond donors (Lipinski definition) is 5. The van der Waals surface area contributed by atoms with Crippen LogP contribution in [0.25, 0.3) is 6.08 Å². The highest BCUT2D eigenvalue weighted by Gasteiger charge is 2.31. The highest BCUT2D eigenvalue weighted by Crippen LogP contribution is 2.48. The summed E-state index contributed by atoms with van der Waals surface area (Å²) >= 11 is 12.7. The van der Waals surface area contributed by atoms with Crippen LogP contribution in [0.2, 0.25) is 10.0 Å². The number of piperidine rings is 1. The van der Waals surface area contributed by atoms with Gasteiger partial charge in [0.1, 0.15) is 67.5 Å². The van der Waals surface area contributed by atoms with Crippen molar-refractivity contribution in [2.45, 2.75) is 90.3 Å². The monoisotopic (exact) mass is 1640 g/mol. The van der Waals surface area contributed by atoms with Crippen molar-refractivity contribution in [2.75, 3.05) is 150 Å². The van der Waals surface area contributed by atoms with Gasteiger partial charge < -0.3 is 68.9 Å². The number of benzene rings is 6. The molecule has 5 heterocycles. The van der Waals surface area contributed by atoms with Gasteiger partial charge in [-0.15, -0.1) is 0 Å². The third kappa shape index (κ3) is 21.2. The molecule has 12 rings (SSSR count). The van der Waals surface area contributed by atoms with E-state index in [9.17, 15) is 26.7 Å². The molecule has 0 atom stereocenters. The van der Waals surface area contributed by atoms with Gasteiger partial charge >= 0.3 is 0 Å². The van der Waals surface area contributed by atoms with E-state index in [-0.39, 0.29) is 21.7 Å². The molecule has 3 aromatic heterocycles. The number of fused-ring (bicyclic) bond motifs is 1. The topological polar surface area (TPSA) is 277 Å². The Morgan fingerprint density at radius 3 is 1.62 bits per heavy atom. The molecule has 0 bridgehead atoms. The van der Waals surface area contributed by atoms with Crippen LogP contribution in [-0.2, 0) is 40.9 Å².